The molecule has 0 saturated heterocycles. The van der Waals surface area contributed by atoms with Crippen LogP contribution in [0.3, 0.4) is 0 Å². The number of hydrogen-bond donors (Lipinski definition) is 0. The Bertz CT molecular complexity index is 560. The van der Waals surface area contributed by atoms with E-state index in [1.165, 1.54) is 24.0 Å². The molecule has 0 aliphatic heterocycles. The molecule has 0 atom stereocenters. The number of aromatic nitrogens is 3. The Kier molecular flexibility index (Phi) is 2.95. The topological polar surface area (TPSA) is 73.8 Å². The van der Waals surface area contributed by atoms with Gasteiger partial charge in [-0.15, -0.1) is 5.10 Å². The Morgan fingerprint density at radius 2 is 2.12 bits per heavy atom. The van der Waals surface area contributed by atoms with Crippen LogP contribution >= 0.6 is 0 Å². The maximum Gasteiger partial charge on any atom is 0.245 e. The van der Waals surface area contributed by atoms with Gasteiger partial charge in [0.15, 0.2) is 0 Å². The molecule has 0 saturated carbocycles. The van der Waals surface area contributed by atoms with E-state index in [0.717, 1.165) is 5.69 Å². The van der Waals surface area contributed by atoms with Gasteiger partial charge in [0.25, 0.3) is 0 Å². The first-order valence-corrected chi connectivity index (χ1v) is 4.97. The Balaban J connectivity index is 2.29. The summed E-state index contributed by atoms with van der Waals surface area (Å²) in [5, 5.41) is 18.6. The zero-order valence-electron chi connectivity index (χ0n) is 9.15. The summed E-state index contributed by atoms with van der Waals surface area (Å²) >= 11 is 0. The van der Waals surface area contributed by atoms with E-state index in [4.69, 9.17) is 0 Å². The molecule has 2 rings (SSSR count). The van der Waals surface area contributed by atoms with Gasteiger partial charge in [-0.2, -0.15) is 9.90 Å². The van der Waals surface area contributed by atoms with Crippen LogP contribution in [0.15, 0.2) is 42.2 Å². The minimum Gasteiger partial charge on any atom is -0.259 e. The number of rotatable bonds is 3. The van der Waals surface area contributed by atoms with Crippen LogP contribution in [0.25, 0.3) is 11.8 Å². The third-order valence-corrected chi connectivity index (χ3v) is 2.14. The molecule has 1 aromatic heterocycles. The summed E-state index contributed by atoms with van der Waals surface area (Å²) in [6.07, 6.45) is 2.87. The van der Waals surface area contributed by atoms with E-state index in [1.807, 2.05) is 30.3 Å². The second kappa shape index (κ2) is 4.56. The summed E-state index contributed by atoms with van der Waals surface area (Å²) in [7, 11) is 0. The summed E-state index contributed by atoms with van der Waals surface area (Å²) in [4.78, 5) is 11.4. The number of para-hydroxylation sites is 1. The lowest BCUT2D eigenvalue weighted by molar-refractivity contribution is -0.422. The Labute approximate surface area is 97.3 Å². The SMILES string of the molecule is CC(=Cc1cnn(-c2ccccc2)n1)[N+](=O)[O-]. The van der Waals surface area contributed by atoms with Gasteiger partial charge in [0.05, 0.1) is 16.8 Å². The third kappa shape index (κ3) is 2.54. The van der Waals surface area contributed by atoms with E-state index in [-0.39, 0.29) is 5.70 Å². The highest BCUT2D eigenvalue weighted by Gasteiger charge is 2.05. The van der Waals surface area contributed by atoms with E-state index >= 15 is 0 Å². The van der Waals surface area contributed by atoms with Gasteiger partial charge in [0.2, 0.25) is 5.70 Å². The van der Waals surface area contributed by atoms with Crippen LogP contribution in [0, 0.1) is 10.1 Å². The van der Waals surface area contributed by atoms with E-state index in [2.05, 4.69) is 10.2 Å². The predicted molar refractivity (Wildman–Crippen MR) is 62.0 cm³/mol. The van der Waals surface area contributed by atoms with Crippen molar-refractivity contribution in [1.29, 1.82) is 0 Å². The first-order chi connectivity index (χ1) is 8.16. The lowest BCUT2D eigenvalue weighted by atomic mass is 10.3. The summed E-state index contributed by atoms with van der Waals surface area (Å²) < 4.78 is 0. The standard InChI is InChI=1S/C11H10N4O2/c1-9(15(16)17)7-10-8-12-14(13-10)11-5-3-2-4-6-11/h2-8H,1H3. The molecule has 0 fully saturated rings. The summed E-state index contributed by atoms with van der Waals surface area (Å²) in [6.45, 7) is 1.42. The second-order valence-electron chi connectivity index (χ2n) is 3.44. The van der Waals surface area contributed by atoms with Crippen molar-refractivity contribution in [3.63, 3.8) is 0 Å². The quantitative estimate of drug-likeness (QED) is 0.596. The maximum atomic E-state index is 10.5. The van der Waals surface area contributed by atoms with Crippen molar-refractivity contribution in [3.8, 4) is 5.69 Å². The zero-order chi connectivity index (χ0) is 12.3. The van der Waals surface area contributed by atoms with Crippen molar-refractivity contribution in [2.24, 2.45) is 0 Å². The largest absolute Gasteiger partial charge is 0.259 e. The molecule has 0 unspecified atom stereocenters. The minimum atomic E-state index is -0.457. The van der Waals surface area contributed by atoms with E-state index in [0.29, 0.717) is 5.69 Å². The fourth-order valence-corrected chi connectivity index (χ4v) is 1.29. The average molecular weight is 230 g/mol. The van der Waals surface area contributed by atoms with Crippen LogP contribution in [-0.2, 0) is 0 Å². The highest BCUT2D eigenvalue weighted by Crippen LogP contribution is 2.07. The number of benzene rings is 1. The molecule has 6 nitrogen and oxygen atoms in total. The average Bonchev–Trinajstić information content (AvgIpc) is 2.78. The molecule has 0 aliphatic carbocycles. The molecule has 0 spiro atoms. The van der Waals surface area contributed by atoms with Gasteiger partial charge in [-0.05, 0) is 12.1 Å². The van der Waals surface area contributed by atoms with Crippen LogP contribution in [0.5, 0.6) is 0 Å². The number of hydrogen-bond acceptors (Lipinski definition) is 4. The van der Waals surface area contributed by atoms with Gasteiger partial charge in [-0.25, -0.2) is 0 Å². The maximum absolute atomic E-state index is 10.5. The van der Waals surface area contributed by atoms with Crippen LogP contribution in [0.4, 0.5) is 0 Å². The monoisotopic (exact) mass is 230 g/mol. The molecule has 0 amide bonds. The summed E-state index contributed by atoms with van der Waals surface area (Å²) in [5.74, 6) is 0. The van der Waals surface area contributed by atoms with Crippen molar-refractivity contribution >= 4 is 6.08 Å². The van der Waals surface area contributed by atoms with E-state index in [9.17, 15) is 10.1 Å². The number of nitro groups is 1. The molecule has 0 radical (unpaired) electrons. The second-order valence-corrected chi connectivity index (χ2v) is 3.44. The van der Waals surface area contributed by atoms with Gasteiger partial charge in [0.1, 0.15) is 5.69 Å². The smallest absolute Gasteiger partial charge is 0.245 e. The molecule has 0 bridgehead atoms. The van der Waals surface area contributed by atoms with Crippen LogP contribution in [0.1, 0.15) is 12.6 Å². The van der Waals surface area contributed by atoms with Gasteiger partial charge in [0, 0.05) is 13.0 Å². The molecule has 6 heteroatoms. The van der Waals surface area contributed by atoms with Crippen LogP contribution in [0.2, 0.25) is 0 Å². The van der Waals surface area contributed by atoms with Crippen molar-refractivity contribution < 1.29 is 4.92 Å². The van der Waals surface area contributed by atoms with Gasteiger partial charge >= 0.3 is 0 Å². The lowest BCUT2D eigenvalue weighted by Gasteiger charge is -1.96. The molecule has 0 aliphatic rings. The number of nitrogens with zero attached hydrogens (tertiary/aromatic N) is 4. The predicted octanol–water partition coefficient (Wildman–Crippen LogP) is 1.90. The Morgan fingerprint density at radius 1 is 1.41 bits per heavy atom. The fourth-order valence-electron chi connectivity index (χ4n) is 1.29. The first kappa shape index (κ1) is 11.0. The number of allylic oxidation sites excluding steroid dienone is 1. The summed E-state index contributed by atoms with van der Waals surface area (Å²) in [5.41, 5.74) is 1.30. The molecule has 1 aromatic carbocycles. The molecule has 17 heavy (non-hydrogen) atoms. The van der Waals surface area contributed by atoms with Crippen LogP contribution in [-0.4, -0.2) is 19.9 Å². The van der Waals surface area contributed by atoms with Crippen molar-refractivity contribution in [2.75, 3.05) is 0 Å². The molecule has 2 aromatic rings. The third-order valence-electron chi connectivity index (χ3n) is 2.14. The van der Waals surface area contributed by atoms with Crippen molar-refractivity contribution in [3.05, 3.63) is 58.0 Å². The Hall–Kier alpha value is -2.50. The van der Waals surface area contributed by atoms with Gasteiger partial charge < -0.3 is 0 Å². The fraction of sp³-hybridized carbons (Fsp3) is 0.0909. The van der Waals surface area contributed by atoms with Gasteiger partial charge in [-0.3, -0.25) is 10.1 Å². The molecular formula is C11H10N4O2. The highest BCUT2D eigenvalue weighted by molar-refractivity contribution is 5.44. The molecule has 0 N–H and O–H groups in total. The normalized spacial score (nSPS) is 11.5. The molecular weight excluding hydrogens is 220 g/mol. The highest BCUT2D eigenvalue weighted by atomic mass is 16.6. The lowest BCUT2D eigenvalue weighted by Crippen LogP contribution is -1.98. The van der Waals surface area contributed by atoms with Crippen LogP contribution < -0.4 is 0 Å². The minimum absolute atomic E-state index is 0.0325. The van der Waals surface area contributed by atoms with Crippen molar-refractivity contribution in [1.82, 2.24) is 15.0 Å². The molecule has 1 heterocycles. The molecule has 86 valence electrons. The zero-order valence-corrected chi connectivity index (χ0v) is 9.15. The van der Waals surface area contributed by atoms with E-state index in [1.54, 1.807) is 0 Å². The van der Waals surface area contributed by atoms with E-state index < -0.39 is 4.92 Å². The van der Waals surface area contributed by atoms with Gasteiger partial charge in [-0.1, -0.05) is 18.2 Å². The Morgan fingerprint density at radius 3 is 2.76 bits per heavy atom. The summed E-state index contributed by atoms with van der Waals surface area (Å²) in [6, 6.07) is 9.35. The first-order valence-electron chi connectivity index (χ1n) is 4.97. The van der Waals surface area contributed by atoms with Crippen molar-refractivity contribution in [2.45, 2.75) is 6.92 Å².